The predicted octanol–water partition coefficient (Wildman–Crippen LogP) is 3.13. The number of benzene rings is 1. The molecule has 0 bridgehead atoms. The highest BCUT2D eigenvalue weighted by atomic mass is 79.9. The van der Waals surface area contributed by atoms with E-state index in [4.69, 9.17) is 17.3 Å². The lowest BCUT2D eigenvalue weighted by molar-refractivity contribution is 0.612. The second-order valence-corrected chi connectivity index (χ2v) is 3.42. The van der Waals surface area contributed by atoms with Crippen LogP contribution in [0.15, 0.2) is 10.5 Å². The fraction of sp³-hybridized carbons (Fsp3) is 0.143. The molecule has 0 fully saturated rings. The molecule has 1 aromatic rings. The van der Waals surface area contributed by atoms with Gasteiger partial charge in [-0.1, -0.05) is 11.6 Å². The van der Waals surface area contributed by atoms with Gasteiger partial charge in [0.15, 0.2) is 0 Å². The van der Waals surface area contributed by atoms with E-state index in [1.54, 1.807) is 6.92 Å². The molecule has 1 rings (SSSR count). The molecule has 1 nitrogen and oxygen atoms in total. The number of nitrogen functional groups attached to an aromatic ring is 1. The van der Waals surface area contributed by atoms with Gasteiger partial charge >= 0.3 is 0 Å². The van der Waals surface area contributed by atoms with Crippen molar-refractivity contribution in [3.8, 4) is 0 Å². The fourth-order valence-corrected chi connectivity index (χ4v) is 1.63. The van der Waals surface area contributed by atoms with Crippen LogP contribution in [0.3, 0.4) is 0 Å². The normalized spacial score (nSPS) is 10.2. The molecule has 0 saturated heterocycles. The van der Waals surface area contributed by atoms with Crippen LogP contribution in [0.2, 0.25) is 5.02 Å². The number of rotatable bonds is 0. The van der Waals surface area contributed by atoms with Crippen LogP contribution in [-0.4, -0.2) is 0 Å². The van der Waals surface area contributed by atoms with Gasteiger partial charge in [0, 0.05) is 0 Å². The van der Waals surface area contributed by atoms with Crippen LogP contribution < -0.4 is 5.73 Å². The molecule has 0 aliphatic rings. The molecule has 2 N–H and O–H groups in total. The second kappa shape index (κ2) is 2.99. The SMILES string of the molecule is Cc1cc(Cl)c(N)c(Br)c1F. The van der Waals surface area contributed by atoms with Crippen molar-refractivity contribution in [1.82, 2.24) is 0 Å². The van der Waals surface area contributed by atoms with Gasteiger partial charge in [-0.3, -0.25) is 0 Å². The minimum Gasteiger partial charge on any atom is -0.397 e. The van der Waals surface area contributed by atoms with E-state index in [2.05, 4.69) is 15.9 Å². The summed E-state index contributed by atoms with van der Waals surface area (Å²) in [6.45, 7) is 1.63. The second-order valence-electron chi connectivity index (χ2n) is 2.22. The van der Waals surface area contributed by atoms with Gasteiger partial charge in [-0.2, -0.15) is 0 Å². The molecule has 0 aliphatic carbocycles. The van der Waals surface area contributed by atoms with E-state index in [0.717, 1.165) is 0 Å². The largest absolute Gasteiger partial charge is 0.397 e. The average molecular weight is 238 g/mol. The first-order valence-corrected chi connectivity index (χ1v) is 4.10. The highest BCUT2D eigenvalue weighted by Crippen LogP contribution is 2.31. The molecule has 1 aromatic carbocycles. The summed E-state index contributed by atoms with van der Waals surface area (Å²) < 4.78 is 13.2. The molecule has 4 heteroatoms. The molecular weight excluding hydrogens is 232 g/mol. The summed E-state index contributed by atoms with van der Waals surface area (Å²) >= 11 is 8.67. The smallest absolute Gasteiger partial charge is 0.142 e. The zero-order valence-corrected chi connectivity index (χ0v) is 8.13. The van der Waals surface area contributed by atoms with Crippen LogP contribution in [0, 0.1) is 12.7 Å². The molecule has 11 heavy (non-hydrogen) atoms. The summed E-state index contributed by atoms with van der Waals surface area (Å²) in [5, 5.41) is 0.371. The van der Waals surface area contributed by atoms with E-state index < -0.39 is 0 Å². The molecule has 60 valence electrons. The monoisotopic (exact) mass is 237 g/mol. The van der Waals surface area contributed by atoms with Gasteiger partial charge in [0.05, 0.1) is 15.2 Å². The van der Waals surface area contributed by atoms with E-state index in [0.29, 0.717) is 10.6 Å². The number of hydrogen-bond donors (Lipinski definition) is 1. The predicted molar refractivity (Wildman–Crippen MR) is 48.3 cm³/mol. The van der Waals surface area contributed by atoms with Crippen molar-refractivity contribution >= 4 is 33.2 Å². The Bertz CT molecular complexity index is 275. The van der Waals surface area contributed by atoms with Crippen molar-refractivity contribution in [2.45, 2.75) is 6.92 Å². The summed E-state index contributed by atoms with van der Waals surface area (Å²) in [4.78, 5) is 0. The van der Waals surface area contributed by atoms with Crippen LogP contribution in [0.5, 0.6) is 0 Å². The molecule has 0 saturated carbocycles. The molecule has 0 aliphatic heterocycles. The number of hydrogen-bond acceptors (Lipinski definition) is 1. The quantitative estimate of drug-likeness (QED) is 0.545. The summed E-state index contributed by atoms with van der Waals surface area (Å²) in [7, 11) is 0. The average Bonchev–Trinajstić information content (AvgIpc) is 1.97. The van der Waals surface area contributed by atoms with Gasteiger partial charge in [-0.25, -0.2) is 4.39 Å². The first-order valence-electron chi connectivity index (χ1n) is 2.93. The van der Waals surface area contributed by atoms with Crippen LogP contribution in [0.4, 0.5) is 10.1 Å². The van der Waals surface area contributed by atoms with E-state index in [9.17, 15) is 4.39 Å². The number of halogens is 3. The zero-order chi connectivity index (χ0) is 8.59. The fourth-order valence-electron chi connectivity index (χ4n) is 0.727. The van der Waals surface area contributed by atoms with Gasteiger partial charge in [-0.05, 0) is 34.5 Å². The minimum absolute atomic E-state index is 0.238. The topological polar surface area (TPSA) is 26.0 Å². The first kappa shape index (κ1) is 8.81. The Hall–Kier alpha value is -0.280. The Balaban J connectivity index is 3.46. The maximum Gasteiger partial charge on any atom is 0.142 e. The molecule has 0 atom stereocenters. The third-order valence-electron chi connectivity index (χ3n) is 1.38. The van der Waals surface area contributed by atoms with Crippen LogP contribution in [0.25, 0.3) is 0 Å². The standard InChI is InChI=1S/C7H6BrClFN/c1-3-2-4(9)7(11)5(8)6(3)10/h2H,11H2,1H3. The van der Waals surface area contributed by atoms with E-state index >= 15 is 0 Å². The van der Waals surface area contributed by atoms with E-state index in [1.807, 2.05) is 0 Å². The van der Waals surface area contributed by atoms with Gasteiger partial charge in [0.25, 0.3) is 0 Å². The molecular formula is C7H6BrClFN. The number of nitrogens with two attached hydrogens (primary N) is 1. The minimum atomic E-state index is -0.355. The Kier molecular flexibility index (Phi) is 2.40. The number of anilines is 1. The lowest BCUT2D eigenvalue weighted by Crippen LogP contribution is -1.93. The third-order valence-corrected chi connectivity index (χ3v) is 2.46. The summed E-state index contributed by atoms with van der Waals surface area (Å²) in [6.07, 6.45) is 0. The molecule has 0 spiro atoms. The van der Waals surface area contributed by atoms with Crippen LogP contribution in [0.1, 0.15) is 5.56 Å². The van der Waals surface area contributed by atoms with Crippen molar-refractivity contribution in [1.29, 1.82) is 0 Å². The highest BCUT2D eigenvalue weighted by molar-refractivity contribution is 9.10. The lowest BCUT2D eigenvalue weighted by Gasteiger charge is -2.04. The van der Waals surface area contributed by atoms with Crippen LogP contribution in [-0.2, 0) is 0 Å². The van der Waals surface area contributed by atoms with Crippen molar-refractivity contribution in [3.05, 3.63) is 26.9 Å². The van der Waals surface area contributed by atoms with Gasteiger partial charge in [-0.15, -0.1) is 0 Å². The molecule has 0 amide bonds. The molecule has 0 heterocycles. The van der Waals surface area contributed by atoms with E-state index in [-0.39, 0.29) is 16.0 Å². The molecule has 0 radical (unpaired) electrons. The zero-order valence-electron chi connectivity index (χ0n) is 5.79. The van der Waals surface area contributed by atoms with Crippen molar-refractivity contribution in [3.63, 3.8) is 0 Å². The van der Waals surface area contributed by atoms with Crippen molar-refractivity contribution < 1.29 is 4.39 Å². The molecule has 0 aromatic heterocycles. The number of aryl methyl sites for hydroxylation is 1. The van der Waals surface area contributed by atoms with Crippen molar-refractivity contribution in [2.75, 3.05) is 5.73 Å². The maximum atomic E-state index is 13.0. The summed E-state index contributed by atoms with van der Waals surface area (Å²) in [5.41, 5.74) is 6.16. The lowest BCUT2D eigenvalue weighted by atomic mass is 10.2. The Morgan fingerprint density at radius 1 is 1.64 bits per heavy atom. The van der Waals surface area contributed by atoms with Gasteiger partial charge < -0.3 is 5.73 Å². The third kappa shape index (κ3) is 1.49. The highest BCUT2D eigenvalue weighted by Gasteiger charge is 2.09. The van der Waals surface area contributed by atoms with Gasteiger partial charge in [0.2, 0.25) is 0 Å². The Morgan fingerprint density at radius 2 is 2.18 bits per heavy atom. The summed E-state index contributed by atoms with van der Waals surface area (Å²) in [5.74, 6) is -0.355. The maximum absolute atomic E-state index is 13.0. The first-order chi connectivity index (χ1) is 5.04. The Morgan fingerprint density at radius 3 is 2.73 bits per heavy atom. The van der Waals surface area contributed by atoms with Crippen LogP contribution >= 0.6 is 27.5 Å². The van der Waals surface area contributed by atoms with Crippen molar-refractivity contribution in [2.24, 2.45) is 0 Å². The Labute approximate surface area is 77.5 Å². The van der Waals surface area contributed by atoms with Gasteiger partial charge in [0.1, 0.15) is 5.82 Å². The van der Waals surface area contributed by atoms with E-state index in [1.165, 1.54) is 6.07 Å². The summed E-state index contributed by atoms with van der Waals surface area (Å²) in [6, 6.07) is 1.50. The molecule has 0 unspecified atom stereocenters.